The van der Waals surface area contributed by atoms with Gasteiger partial charge in [-0.3, -0.25) is 18.7 Å². The number of hydrogen-bond acceptors (Lipinski definition) is 7. The molecule has 4 aliphatic carbocycles. The molecule has 5 rings (SSSR count). The first-order valence-electron chi connectivity index (χ1n) is 13.6. The Morgan fingerprint density at radius 1 is 1.14 bits per heavy atom. The second kappa shape index (κ2) is 8.88. The molecule has 0 amide bonds. The molecule has 5 aliphatic rings. The predicted octanol–water partition coefficient (Wildman–Crippen LogP) is 3.46. The zero-order valence-corrected chi connectivity index (χ0v) is 22.8. The molecule has 1 saturated heterocycles. The van der Waals surface area contributed by atoms with Gasteiger partial charge < -0.3 is 4.74 Å². The van der Waals surface area contributed by atoms with Crippen LogP contribution in [-0.4, -0.2) is 69.1 Å². The van der Waals surface area contributed by atoms with E-state index in [4.69, 9.17) is 8.92 Å². The Morgan fingerprint density at radius 3 is 2.54 bits per heavy atom. The van der Waals surface area contributed by atoms with Crippen molar-refractivity contribution in [1.29, 1.82) is 0 Å². The third-order valence-electron chi connectivity index (χ3n) is 10.9. The fraction of sp³-hybridized carbons (Fsp3) is 0.926. The Labute approximate surface area is 210 Å². The van der Waals surface area contributed by atoms with Crippen molar-refractivity contribution in [3.8, 4) is 0 Å². The van der Waals surface area contributed by atoms with Crippen LogP contribution in [0.1, 0.15) is 72.6 Å². The summed E-state index contributed by atoms with van der Waals surface area (Å²) in [6, 6.07) is -0.0502. The summed E-state index contributed by atoms with van der Waals surface area (Å²) >= 11 is 0. The van der Waals surface area contributed by atoms with Gasteiger partial charge in [-0.05, 0) is 81.0 Å². The lowest BCUT2D eigenvalue weighted by atomic mass is 9.43. The van der Waals surface area contributed by atoms with E-state index in [0.717, 1.165) is 51.4 Å². The van der Waals surface area contributed by atoms with Crippen LogP contribution in [0.25, 0.3) is 0 Å². The van der Waals surface area contributed by atoms with Gasteiger partial charge in [-0.2, -0.15) is 8.42 Å². The molecule has 35 heavy (non-hydrogen) atoms. The molecule has 0 aromatic carbocycles. The topological polar surface area (TPSA) is 90.0 Å². The third kappa shape index (κ3) is 4.34. The van der Waals surface area contributed by atoms with Crippen molar-refractivity contribution in [3.05, 3.63) is 0 Å². The lowest BCUT2D eigenvalue weighted by Crippen LogP contribution is -2.63. The first-order chi connectivity index (χ1) is 16.3. The van der Waals surface area contributed by atoms with Gasteiger partial charge in [0.15, 0.2) is 0 Å². The maximum absolute atomic E-state index is 14.0. The standard InChI is InChI=1S/C27H43NO6S/c1-16-15-28(10-11-33-16)22-13-26(3)18(12-24(22)34-35(5,31)32)6-7-19-21-9-8-20(17(2)29)27(21,4)14-23(30)25(19)26/h16,18-22,24-25H,6-15H2,1-5H3/t16-,18+,19+,20-,21+,22+,24+,25-,26+,27-/m1/s1. The largest absolute Gasteiger partial charge is 0.376 e. The Morgan fingerprint density at radius 2 is 1.89 bits per heavy atom. The highest BCUT2D eigenvalue weighted by Crippen LogP contribution is 2.66. The highest BCUT2D eigenvalue weighted by Gasteiger charge is 2.65. The highest BCUT2D eigenvalue weighted by atomic mass is 32.2. The number of rotatable bonds is 4. The zero-order valence-electron chi connectivity index (χ0n) is 22.0. The number of ether oxygens (including phenoxy) is 1. The molecule has 4 saturated carbocycles. The maximum atomic E-state index is 14.0. The molecule has 0 bridgehead atoms. The quantitative estimate of drug-likeness (QED) is 0.536. The van der Waals surface area contributed by atoms with Gasteiger partial charge in [0.1, 0.15) is 11.6 Å². The van der Waals surface area contributed by atoms with Crippen molar-refractivity contribution in [3.63, 3.8) is 0 Å². The molecule has 0 unspecified atom stereocenters. The van der Waals surface area contributed by atoms with Gasteiger partial charge in [-0.1, -0.05) is 13.8 Å². The molecule has 198 valence electrons. The molecular weight excluding hydrogens is 466 g/mol. The molecule has 1 aliphatic heterocycles. The lowest BCUT2D eigenvalue weighted by molar-refractivity contribution is -0.170. The third-order valence-corrected chi connectivity index (χ3v) is 11.5. The summed E-state index contributed by atoms with van der Waals surface area (Å²) < 4.78 is 35.9. The second-order valence-electron chi connectivity index (χ2n) is 12.9. The van der Waals surface area contributed by atoms with Gasteiger partial charge in [0.05, 0.1) is 25.1 Å². The molecule has 7 nitrogen and oxygen atoms in total. The van der Waals surface area contributed by atoms with Crippen LogP contribution in [0.2, 0.25) is 0 Å². The Balaban J connectivity index is 1.47. The minimum absolute atomic E-state index is 0.00409. The number of carbonyl (C=O) groups excluding carboxylic acids is 2. The summed E-state index contributed by atoms with van der Waals surface area (Å²) in [6.45, 7) is 10.4. The van der Waals surface area contributed by atoms with E-state index < -0.39 is 10.1 Å². The Bertz CT molecular complexity index is 982. The molecule has 0 aromatic heterocycles. The van der Waals surface area contributed by atoms with E-state index in [2.05, 4.69) is 25.7 Å². The summed E-state index contributed by atoms with van der Waals surface area (Å²) in [4.78, 5) is 28.8. The van der Waals surface area contributed by atoms with Gasteiger partial charge in [-0.15, -0.1) is 0 Å². The summed E-state index contributed by atoms with van der Waals surface area (Å²) in [7, 11) is -3.59. The number of fused-ring (bicyclic) bond motifs is 5. The van der Waals surface area contributed by atoms with Crippen molar-refractivity contribution in [1.82, 2.24) is 4.90 Å². The van der Waals surface area contributed by atoms with E-state index in [9.17, 15) is 18.0 Å². The van der Waals surface area contributed by atoms with Gasteiger partial charge in [0, 0.05) is 37.4 Å². The number of ketones is 2. The van der Waals surface area contributed by atoms with Gasteiger partial charge in [-0.25, -0.2) is 0 Å². The predicted molar refractivity (Wildman–Crippen MR) is 132 cm³/mol. The van der Waals surface area contributed by atoms with Gasteiger partial charge >= 0.3 is 0 Å². The van der Waals surface area contributed by atoms with E-state index in [-0.39, 0.29) is 52.6 Å². The minimum atomic E-state index is -3.59. The smallest absolute Gasteiger partial charge is 0.264 e. The van der Waals surface area contributed by atoms with Crippen LogP contribution in [-0.2, 0) is 28.6 Å². The van der Waals surface area contributed by atoms with Gasteiger partial charge in [0.25, 0.3) is 10.1 Å². The first-order valence-corrected chi connectivity index (χ1v) is 15.4. The summed E-state index contributed by atoms with van der Waals surface area (Å²) in [6.07, 6.45) is 6.75. The van der Waals surface area contributed by atoms with Crippen LogP contribution in [0.5, 0.6) is 0 Å². The molecule has 8 heteroatoms. The first kappa shape index (κ1) is 25.8. The van der Waals surface area contributed by atoms with E-state index in [1.807, 2.05) is 0 Å². The monoisotopic (exact) mass is 509 g/mol. The van der Waals surface area contributed by atoms with Crippen LogP contribution in [0, 0.1) is 40.4 Å². The molecule has 10 atom stereocenters. The van der Waals surface area contributed by atoms with Crippen molar-refractivity contribution in [2.24, 2.45) is 40.4 Å². The molecule has 0 aromatic rings. The van der Waals surface area contributed by atoms with Crippen LogP contribution in [0.3, 0.4) is 0 Å². The SMILES string of the molecule is CC(=O)[C@H]1CC[C@H]2[C@@H]3CC[C@H]4C[C@H](OS(C)(=O)=O)[C@@H](N5CCO[C@H](C)C5)C[C@]4(C)[C@H]3C(=O)C[C@]12C. The molecular formula is C27H43NO6S. The Hall–Kier alpha value is -0.830. The molecule has 0 N–H and O–H groups in total. The van der Waals surface area contributed by atoms with E-state index in [1.165, 1.54) is 0 Å². The van der Waals surface area contributed by atoms with E-state index in [1.54, 1.807) is 6.92 Å². The fourth-order valence-electron chi connectivity index (χ4n) is 9.59. The van der Waals surface area contributed by atoms with Crippen molar-refractivity contribution in [2.45, 2.75) is 90.9 Å². The summed E-state index contributed by atoms with van der Waals surface area (Å²) in [5, 5.41) is 0. The van der Waals surface area contributed by atoms with Crippen molar-refractivity contribution in [2.75, 3.05) is 26.0 Å². The van der Waals surface area contributed by atoms with Crippen LogP contribution >= 0.6 is 0 Å². The molecule has 0 spiro atoms. The molecule has 5 fully saturated rings. The average Bonchev–Trinajstić information content (AvgIpc) is 3.09. The maximum Gasteiger partial charge on any atom is 0.264 e. The van der Waals surface area contributed by atoms with Crippen molar-refractivity contribution >= 4 is 21.7 Å². The number of morpholine rings is 1. The average molecular weight is 510 g/mol. The van der Waals surface area contributed by atoms with Crippen molar-refractivity contribution < 1.29 is 26.9 Å². The molecule has 1 heterocycles. The number of nitrogens with zero attached hydrogens (tertiary/aromatic N) is 1. The Kier molecular flexibility index (Phi) is 6.55. The van der Waals surface area contributed by atoms with Gasteiger partial charge in [0.2, 0.25) is 0 Å². The number of hydrogen-bond donors (Lipinski definition) is 0. The van der Waals surface area contributed by atoms with Crippen LogP contribution < -0.4 is 0 Å². The molecule has 0 radical (unpaired) electrons. The van der Waals surface area contributed by atoms with Crippen LogP contribution in [0.4, 0.5) is 0 Å². The van der Waals surface area contributed by atoms with E-state index >= 15 is 0 Å². The van der Waals surface area contributed by atoms with Crippen LogP contribution in [0.15, 0.2) is 0 Å². The van der Waals surface area contributed by atoms with E-state index in [0.29, 0.717) is 37.1 Å². The summed E-state index contributed by atoms with van der Waals surface area (Å²) in [5.41, 5.74) is -0.387. The normalized spacial score (nSPS) is 48.7. The highest BCUT2D eigenvalue weighted by molar-refractivity contribution is 7.86. The summed E-state index contributed by atoms with van der Waals surface area (Å²) in [5.74, 6) is 1.58. The fourth-order valence-corrected chi connectivity index (χ4v) is 10.2. The second-order valence-corrected chi connectivity index (χ2v) is 14.5. The minimum Gasteiger partial charge on any atom is -0.376 e. The number of Topliss-reactive ketones (excluding diaryl/α,β-unsaturated/α-hetero) is 2. The zero-order chi connectivity index (χ0) is 25.3. The number of carbonyl (C=O) groups is 2. The lowest BCUT2D eigenvalue weighted by Gasteiger charge is -2.62.